The molecule has 3 aromatic rings. The van der Waals surface area contributed by atoms with E-state index in [0.29, 0.717) is 0 Å². The zero-order chi connectivity index (χ0) is 24.2. The molecule has 1 aliphatic carbocycles. The van der Waals surface area contributed by atoms with Gasteiger partial charge < -0.3 is 19.5 Å². The number of allylic oxidation sites excluding steroid dienone is 4. The van der Waals surface area contributed by atoms with Gasteiger partial charge in [0.1, 0.15) is 5.82 Å². The topological polar surface area (TPSA) is 44.5 Å². The van der Waals surface area contributed by atoms with Crippen molar-refractivity contribution in [3.05, 3.63) is 83.7 Å². The number of aliphatic hydroxyl groups excluding tert-OH is 1. The highest BCUT2D eigenvalue weighted by molar-refractivity contribution is 5.82. The van der Waals surface area contributed by atoms with E-state index >= 15 is 0 Å². The maximum Gasteiger partial charge on any atom is 0.140 e. The van der Waals surface area contributed by atoms with Crippen LogP contribution in [0.5, 0.6) is 0 Å². The highest BCUT2D eigenvalue weighted by Gasteiger charge is 2.22. The predicted octanol–water partition coefficient (Wildman–Crippen LogP) is 5.45. The summed E-state index contributed by atoms with van der Waals surface area (Å²) in [4.78, 5) is 9.47. The first kappa shape index (κ1) is 23.6. The second kappa shape index (κ2) is 10.1. The van der Waals surface area contributed by atoms with Crippen LogP contribution in [-0.2, 0) is 7.05 Å². The summed E-state index contributed by atoms with van der Waals surface area (Å²) in [7, 11) is 10.4. The van der Waals surface area contributed by atoms with E-state index in [2.05, 4.69) is 110 Å². The first-order chi connectivity index (χ1) is 16.4. The molecule has 1 aromatic heterocycles. The molecular formula is C29H34N4O. The van der Waals surface area contributed by atoms with Crippen molar-refractivity contribution in [2.75, 3.05) is 39.7 Å². The van der Waals surface area contributed by atoms with Crippen molar-refractivity contribution in [1.82, 2.24) is 14.5 Å². The van der Waals surface area contributed by atoms with Gasteiger partial charge in [-0.25, -0.2) is 4.98 Å². The van der Waals surface area contributed by atoms with Gasteiger partial charge in [0.2, 0.25) is 0 Å². The minimum Gasteiger partial charge on any atom is -0.392 e. The molecule has 0 spiro atoms. The molecule has 0 atom stereocenters. The maximum absolute atomic E-state index is 9.04. The van der Waals surface area contributed by atoms with Gasteiger partial charge in [0.25, 0.3) is 0 Å². The van der Waals surface area contributed by atoms with Crippen LogP contribution in [0.3, 0.4) is 0 Å². The van der Waals surface area contributed by atoms with Gasteiger partial charge in [0.15, 0.2) is 0 Å². The number of imidazole rings is 1. The molecule has 0 radical (unpaired) electrons. The number of hydrogen-bond donors (Lipinski definition) is 1. The summed E-state index contributed by atoms with van der Waals surface area (Å²) in [5.74, 6) is 0.947. The molecule has 5 nitrogen and oxygen atoms in total. The Labute approximate surface area is 203 Å². The Morgan fingerprint density at radius 3 is 2.12 bits per heavy atom. The summed E-state index contributed by atoms with van der Waals surface area (Å²) in [6.45, 7) is 0.0412. The van der Waals surface area contributed by atoms with Crippen LogP contribution in [0.1, 0.15) is 24.1 Å². The Morgan fingerprint density at radius 1 is 0.882 bits per heavy atom. The molecule has 2 aromatic carbocycles. The van der Waals surface area contributed by atoms with E-state index in [1.165, 1.54) is 22.7 Å². The van der Waals surface area contributed by atoms with Crippen molar-refractivity contribution in [2.24, 2.45) is 7.05 Å². The second-order valence-electron chi connectivity index (χ2n) is 9.08. The van der Waals surface area contributed by atoms with Crippen LogP contribution < -0.4 is 4.90 Å². The van der Waals surface area contributed by atoms with E-state index < -0.39 is 0 Å². The fraction of sp³-hybridized carbons (Fsp3) is 0.276. The van der Waals surface area contributed by atoms with Crippen LogP contribution in [0.4, 0.5) is 5.69 Å². The molecule has 0 aliphatic heterocycles. The van der Waals surface area contributed by atoms with Crippen molar-refractivity contribution in [2.45, 2.75) is 12.8 Å². The van der Waals surface area contributed by atoms with Crippen LogP contribution in [0.25, 0.3) is 34.3 Å². The molecule has 1 heterocycles. The molecule has 1 N–H and O–H groups in total. The number of rotatable bonds is 7. The molecule has 0 amide bonds. The first-order valence-corrected chi connectivity index (χ1v) is 11.7. The number of anilines is 1. The molecule has 176 valence electrons. The standard InChI is InChI=1S/C29H34N4O/c1-31(2)25-16-12-22(13-17-25)27-28(23-14-18-26(19-15-23)32(3)4)33(5)29(30-27)24-10-8-21(9-11-24)7-6-20-34/h6-14,16-18,34H,15,19-20H2,1-5H3/b7-6+. The number of aliphatic hydroxyl groups is 1. The zero-order valence-electron chi connectivity index (χ0n) is 20.8. The molecule has 4 rings (SSSR count). The third-order valence-electron chi connectivity index (χ3n) is 6.34. The van der Waals surface area contributed by atoms with E-state index in [4.69, 9.17) is 10.1 Å². The van der Waals surface area contributed by atoms with Crippen molar-refractivity contribution in [1.29, 1.82) is 0 Å². The Bertz CT molecular complexity index is 1230. The lowest BCUT2D eigenvalue weighted by molar-refractivity contribution is 0.343. The van der Waals surface area contributed by atoms with Gasteiger partial charge in [0, 0.05) is 57.7 Å². The van der Waals surface area contributed by atoms with E-state index in [1.54, 1.807) is 6.08 Å². The average molecular weight is 455 g/mol. The lowest BCUT2D eigenvalue weighted by atomic mass is 9.96. The third-order valence-corrected chi connectivity index (χ3v) is 6.34. The van der Waals surface area contributed by atoms with Crippen LogP contribution in [0, 0.1) is 0 Å². The number of aromatic nitrogens is 2. The predicted molar refractivity (Wildman–Crippen MR) is 144 cm³/mol. The first-order valence-electron chi connectivity index (χ1n) is 11.7. The molecular weight excluding hydrogens is 420 g/mol. The summed E-state index contributed by atoms with van der Waals surface area (Å²) >= 11 is 0. The molecule has 0 saturated heterocycles. The lowest BCUT2D eigenvalue weighted by Crippen LogP contribution is -2.13. The normalized spacial score (nSPS) is 13.7. The lowest BCUT2D eigenvalue weighted by Gasteiger charge is -2.22. The smallest absolute Gasteiger partial charge is 0.140 e. The van der Waals surface area contributed by atoms with Gasteiger partial charge in [-0.15, -0.1) is 0 Å². The minimum atomic E-state index is 0.0412. The van der Waals surface area contributed by atoms with Gasteiger partial charge in [0.05, 0.1) is 18.0 Å². The van der Waals surface area contributed by atoms with Crippen LogP contribution in [0.15, 0.2) is 72.5 Å². The van der Waals surface area contributed by atoms with E-state index in [0.717, 1.165) is 41.1 Å². The monoisotopic (exact) mass is 454 g/mol. The van der Waals surface area contributed by atoms with Crippen molar-refractivity contribution >= 4 is 17.3 Å². The zero-order valence-corrected chi connectivity index (χ0v) is 20.8. The van der Waals surface area contributed by atoms with Gasteiger partial charge >= 0.3 is 0 Å². The van der Waals surface area contributed by atoms with Gasteiger partial charge in [-0.2, -0.15) is 0 Å². The SMILES string of the molecule is CN(C)C1=CC=C(c2c(-c3ccc(N(C)C)cc3)nc(-c3ccc(/C=C/CO)cc3)n2C)CC1. The fourth-order valence-electron chi connectivity index (χ4n) is 4.37. The second-order valence-corrected chi connectivity index (χ2v) is 9.08. The van der Waals surface area contributed by atoms with Crippen LogP contribution in [0.2, 0.25) is 0 Å². The van der Waals surface area contributed by atoms with Gasteiger partial charge in [-0.1, -0.05) is 54.6 Å². The summed E-state index contributed by atoms with van der Waals surface area (Å²) in [6, 6.07) is 16.9. The highest BCUT2D eigenvalue weighted by atomic mass is 16.2. The molecule has 0 bridgehead atoms. The summed E-state index contributed by atoms with van der Waals surface area (Å²) in [5, 5.41) is 9.04. The molecule has 5 heteroatoms. The molecule has 0 fully saturated rings. The van der Waals surface area contributed by atoms with Gasteiger partial charge in [-0.05, 0) is 42.2 Å². The molecule has 34 heavy (non-hydrogen) atoms. The Hall–Kier alpha value is -3.57. The number of hydrogen-bond acceptors (Lipinski definition) is 4. The third kappa shape index (κ3) is 4.85. The summed E-state index contributed by atoms with van der Waals surface area (Å²) in [5.41, 5.74) is 9.25. The van der Waals surface area contributed by atoms with Crippen molar-refractivity contribution in [3.8, 4) is 22.6 Å². The quantitative estimate of drug-likeness (QED) is 0.516. The number of benzene rings is 2. The molecule has 1 aliphatic rings. The Kier molecular flexibility index (Phi) is 7.03. The fourth-order valence-corrected chi connectivity index (χ4v) is 4.37. The number of nitrogens with zero attached hydrogens (tertiary/aromatic N) is 4. The minimum absolute atomic E-state index is 0.0412. The van der Waals surface area contributed by atoms with E-state index in [9.17, 15) is 0 Å². The average Bonchev–Trinajstić information content (AvgIpc) is 3.20. The van der Waals surface area contributed by atoms with E-state index in [1.807, 2.05) is 6.08 Å². The highest BCUT2D eigenvalue weighted by Crippen LogP contribution is 2.37. The van der Waals surface area contributed by atoms with Crippen LogP contribution >= 0.6 is 0 Å². The van der Waals surface area contributed by atoms with Crippen molar-refractivity contribution in [3.63, 3.8) is 0 Å². The Balaban J connectivity index is 1.82. The Morgan fingerprint density at radius 2 is 1.56 bits per heavy atom. The van der Waals surface area contributed by atoms with Crippen molar-refractivity contribution < 1.29 is 5.11 Å². The molecule has 0 saturated carbocycles. The van der Waals surface area contributed by atoms with Gasteiger partial charge in [-0.3, -0.25) is 0 Å². The maximum atomic E-state index is 9.04. The van der Waals surface area contributed by atoms with E-state index in [-0.39, 0.29) is 6.61 Å². The summed E-state index contributed by atoms with van der Waals surface area (Å²) < 4.78 is 2.23. The largest absolute Gasteiger partial charge is 0.392 e. The summed E-state index contributed by atoms with van der Waals surface area (Å²) in [6.07, 6.45) is 10.1. The van der Waals surface area contributed by atoms with Crippen LogP contribution in [-0.4, -0.2) is 54.4 Å². The molecule has 0 unspecified atom stereocenters.